The zero-order valence-corrected chi connectivity index (χ0v) is 13.3. The highest BCUT2D eigenvalue weighted by atomic mass is 35.5. The number of carbonyl (C=O) groups is 3. The number of rotatable bonds is 5. The predicted octanol–water partition coefficient (Wildman–Crippen LogP) is 2.40. The average molecular weight is 333 g/mol. The molecule has 23 heavy (non-hydrogen) atoms. The molecule has 1 saturated heterocycles. The van der Waals surface area contributed by atoms with Gasteiger partial charge in [0.25, 0.3) is 5.91 Å². The Bertz CT molecular complexity index is 667. The van der Waals surface area contributed by atoms with Gasteiger partial charge in [0.15, 0.2) is 0 Å². The summed E-state index contributed by atoms with van der Waals surface area (Å²) in [5, 5.41) is 0.529. The molecule has 1 aromatic carbocycles. The number of halogens is 1. The van der Waals surface area contributed by atoms with E-state index in [0.29, 0.717) is 10.7 Å². The van der Waals surface area contributed by atoms with E-state index in [2.05, 4.69) is 6.58 Å². The highest BCUT2D eigenvalue weighted by molar-refractivity contribution is 6.30. The molecule has 1 saturated carbocycles. The van der Waals surface area contributed by atoms with Crippen LogP contribution in [0.5, 0.6) is 0 Å². The van der Waals surface area contributed by atoms with Crippen molar-refractivity contribution < 1.29 is 14.4 Å². The number of hydrogen-bond acceptors (Lipinski definition) is 3. The van der Waals surface area contributed by atoms with Crippen molar-refractivity contribution in [1.29, 1.82) is 0 Å². The van der Waals surface area contributed by atoms with E-state index in [0.717, 1.165) is 17.7 Å². The van der Waals surface area contributed by atoms with E-state index in [1.54, 1.807) is 30.3 Å². The van der Waals surface area contributed by atoms with Crippen molar-refractivity contribution in [3.63, 3.8) is 0 Å². The van der Waals surface area contributed by atoms with E-state index in [1.165, 1.54) is 4.90 Å². The molecule has 1 atom stereocenters. The Hall–Kier alpha value is -2.14. The van der Waals surface area contributed by atoms with Crippen LogP contribution < -0.4 is 4.90 Å². The molecule has 2 fully saturated rings. The van der Waals surface area contributed by atoms with Gasteiger partial charge in [0.2, 0.25) is 11.8 Å². The molecule has 1 aliphatic heterocycles. The molecule has 2 aliphatic rings. The number of hydrogen-bond donors (Lipinski definition) is 0. The standard InChI is InChI=1S/C17H17ClN2O3/c1-2-9-19(16(22)11-3-4-11)14-10-15(21)20(17(14)23)13-7-5-12(18)6-8-13/h2,5-8,11,14H,1,3-4,9-10H2. The van der Waals surface area contributed by atoms with Crippen LogP contribution in [-0.4, -0.2) is 35.2 Å². The molecule has 0 radical (unpaired) electrons. The zero-order valence-electron chi connectivity index (χ0n) is 12.6. The van der Waals surface area contributed by atoms with Crippen LogP contribution in [-0.2, 0) is 14.4 Å². The predicted molar refractivity (Wildman–Crippen MR) is 87.0 cm³/mol. The SMILES string of the molecule is C=CCN(C(=O)C1CC1)C1CC(=O)N(c2ccc(Cl)cc2)C1=O. The lowest BCUT2D eigenvalue weighted by Gasteiger charge is -2.26. The van der Waals surface area contributed by atoms with Crippen molar-refractivity contribution in [3.05, 3.63) is 41.9 Å². The summed E-state index contributed by atoms with van der Waals surface area (Å²) in [6.45, 7) is 3.92. The van der Waals surface area contributed by atoms with Gasteiger partial charge in [-0.05, 0) is 37.1 Å². The van der Waals surface area contributed by atoms with Gasteiger partial charge in [0.1, 0.15) is 6.04 Å². The Morgan fingerprint density at radius 3 is 2.52 bits per heavy atom. The number of amides is 3. The number of benzene rings is 1. The topological polar surface area (TPSA) is 57.7 Å². The van der Waals surface area contributed by atoms with Gasteiger partial charge in [-0.25, -0.2) is 4.90 Å². The second-order valence-corrected chi connectivity index (χ2v) is 6.25. The Morgan fingerprint density at radius 2 is 1.96 bits per heavy atom. The van der Waals surface area contributed by atoms with E-state index in [1.807, 2.05) is 0 Å². The molecule has 1 unspecified atom stereocenters. The fourth-order valence-electron chi connectivity index (χ4n) is 2.80. The fourth-order valence-corrected chi connectivity index (χ4v) is 2.92. The number of nitrogens with zero attached hydrogens (tertiary/aromatic N) is 2. The van der Waals surface area contributed by atoms with E-state index < -0.39 is 6.04 Å². The Labute approximate surface area is 139 Å². The van der Waals surface area contributed by atoms with Gasteiger partial charge in [-0.3, -0.25) is 14.4 Å². The molecular formula is C17H17ClN2O3. The molecule has 5 nitrogen and oxygen atoms in total. The Kier molecular flexibility index (Phi) is 4.22. The first kappa shape index (κ1) is 15.7. The summed E-state index contributed by atoms with van der Waals surface area (Å²) < 4.78 is 0. The van der Waals surface area contributed by atoms with E-state index in [4.69, 9.17) is 11.6 Å². The first-order valence-electron chi connectivity index (χ1n) is 7.56. The molecular weight excluding hydrogens is 316 g/mol. The van der Waals surface area contributed by atoms with Crippen molar-refractivity contribution in [3.8, 4) is 0 Å². The van der Waals surface area contributed by atoms with Crippen LogP contribution in [0.25, 0.3) is 0 Å². The number of anilines is 1. The first-order chi connectivity index (χ1) is 11.0. The first-order valence-corrected chi connectivity index (χ1v) is 7.94. The van der Waals surface area contributed by atoms with Gasteiger partial charge in [-0.2, -0.15) is 0 Å². The van der Waals surface area contributed by atoms with Crippen LogP contribution in [0.2, 0.25) is 5.02 Å². The van der Waals surface area contributed by atoms with Gasteiger partial charge in [-0.15, -0.1) is 6.58 Å². The molecule has 1 aliphatic carbocycles. The maximum Gasteiger partial charge on any atom is 0.257 e. The lowest BCUT2D eigenvalue weighted by Crippen LogP contribution is -2.46. The molecule has 0 aromatic heterocycles. The largest absolute Gasteiger partial charge is 0.326 e. The van der Waals surface area contributed by atoms with Crippen LogP contribution in [0.15, 0.2) is 36.9 Å². The third-order valence-electron chi connectivity index (χ3n) is 4.12. The number of carbonyl (C=O) groups excluding carboxylic acids is 3. The van der Waals surface area contributed by atoms with E-state index >= 15 is 0 Å². The number of imide groups is 1. The Morgan fingerprint density at radius 1 is 1.30 bits per heavy atom. The van der Waals surface area contributed by atoms with Gasteiger partial charge in [-0.1, -0.05) is 17.7 Å². The third-order valence-corrected chi connectivity index (χ3v) is 4.37. The van der Waals surface area contributed by atoms with E-state index in [-0.39, 0.29) is 36.6 Å². The molecule has 0 bridgehead atoms. The maximum absolute atomic E-state index is 12.7. The van der Waals surface area contributed by atoms with Crippen molar-refractivity contribution in [2.75, 3.05) is 11.4 Å². The van der Waals surface area contributed by atoms with Crippen LogP contribution in [0.1, 0.15) is 19.3 Å². The van der Waals surface area contributed by atoms with Gasteiger partial charge in [0.05, 0.1) is 12.1 Å². The summed E-state index contributed by atoms with van der Waals surface area (Å²) in [4.78, 5) is 40.0. The molecule has 0 N–H and O–H groups in total. The molecule has 120 valence electrons. The Balaban J connectivity index is 1.85. The monoisotopic (exact) mass is 332 g/mol. The highest BCUT2D eigenvalue weighted by Gasteiger charge is 2.46. The van der Waals surface area contributed by atoms with Crippen molar-refractivity contribution in [2.24, 2.45) is 5.92 Å². The summed E-state index contributed by atoms with van der Waals surface area (Å²) in [6.07, 6.45) is 3.29. The van der Waals surface area contributed by atoms with Crippen molar-refractivity contribution in [1.82, 2.24) is 4.90 Å². The molecule has 6 heteroatoms. The minimum atomic E-state index is -0.746. The van der Waals surface area contributed by atoms with Gasteiger partial charge in [0, 0.05) is 17.5 Å². The maximum atomic E-state index is 12.7. The van der Waals surface area contributed by atoms with Crippen molar-refractivity contribution >= 4 is 35.0 Å². The molecule has 1 aromatic rings. The van der Waals surface area contributed by atoms with Crippen LogP contribution in [0.4, 0.5) is 5.69 Å². The molecule has 3 rings (SSSR count). The van der Waals surface area contributed by atoms with Gasteiger partial charge < -0.3 is 4.90 Å². The van der Waals surface area contributed by atoms with Crippen LogP contribution in [0, 0.1) is 5.92 Å². The smallest absolute Gasteiger partial charge is 0.257 e. The van der Waals surface area contributed by atoms with Crippen molar-refractivity contribution in [2.45, 2.75) is 25.3 Å². The third kappa shape index (κ3) is 3.01. The molecule has 1 heterocycles. The van der Waals surface area contributed by atoms with Gasteiger partial charge >= 0.3 is 0 Å². The summed E-state index contributed by atoms with van der Waals surface area (Å²) >= 11 is 5.84. The lowest BCUT2D eigenvalue weighted by molar-refractivity contribution is -0.138. The minimum Gasteiger partial charge on any atom is -0.326 e. The average Bonchev–Trinajstić information content (AvgIpc) is 3.33. The van der Waals surface area contributed by atoms with Crippen LogP contribution >= 0.6 is 11.6 Å². The van der Waals surface area contributed by atoms with E-state index in [9.17, 15) is 14.4 Å². The molecule has 0 spiro atoms. The summed E-state index contributed by atoms with van der Waals surface area (Å²) in [5.74, 6) is -0.746. The lowest BCUT2D eigenvalue weighted by atomic mass is 10.2. The fraction of sp³-hybridized carbons (Fsp3) is 0.353. The summed E-state index contributed by atoms with van der Waals surface area (Å²) in [6, 6.07) is 5.76. The zero-order chi connectivity index (χ0) is 16.6. The van der Waals surface area contributed by atoms with Crippen LogP contribution in [0.3, 0.4) is 0 Å². The second-order valence-electron chi connectivity index (χ2n) is 5.82. The molecule has 3 amide bonds. The highest BCUT2D eigenvalue weighted by Crippen LogP contribution is 2.34. The quantitative estimate of drug-likeness (QED) is 0.614. The summed E-state index contributed by atoms with van der Waals surface area (Å²) in [5.41, 5.74) is 0.476. The summed E-state index contributed by atoms with van der Waals surface area (Å²) in [7, 11) is 0. The second kappa shape index (κ2) is 6.16. The minimum absolute atomic E-state index is 0.00770. The normalized spacial score (nSPS) is 20.7.